The van der Waals surface area contributed by atoms with E-state index in [1.807, 2.05) is 0 Å². The Balaban J connectivity index is 2.11. The minimum absolute atomic E-state index is 0.0656. The molecule has 0 radical (unpaired) electrons. The van der Waals surface area contributed by atoms with Crippen molar-refractivity contribution in [3.8, 4) is 0 Å². The third-order valence-corrected chi connectivity index (χ3v) is 3.93. The maximum atomic E-state index is 11.9. The fourth-order valence-corrected chi connectivity index (χ4v) is 2.67. The van der Waals surface area contributed by atoms with Gasteiger partial charge in [0, 0.05) is 19.6 Å². The molecule has 0 unspecified atom stereocenters. The van der Waals surface area contributed by atoms with E-state index < -0.39 is 0 Å². The summed E-state index contributed by atoms with van der Waals surface area (Å²) in [5, 5.41) is 9.42. The molecule has 1 rings (SSSR count). The Morgan fingerprint density at radius 3 is 2.52 bits per heavy atom. The first-order valence-electron chi connectivity index (χ1n) is 8.50. The van der Waals surface area contributed by atoms with Crippen molar-refractivity contribution in [2.24, 2.45) is 4.99 Å². The second-order valence-electron chi connectivity index (χ2n) is 5.82. The van der Waals surface area contributed by atoms with E-state index in [4.69, 9.17) is 0 Å². The number of carbonyl (C=O) groups is 1. The molecule has 1 saturated carbocycles. The summed E-state index contributed by atoms with van der Waals surface area (Å²) in [4.78, 5) is 16.0. The molecule has 0 aromatic rings. The molecule has 0 saturated heterocycles. The number of hydrogen-bond acceptors (Lipinski definition) is 2. The van der Waals surface area contributed by atoms with Gasteiger partial charge in [0.15, 0.2) is 5.96 Å². The lowest BCUT2D eigenvalue weighted by molar-refractivity contribution is -0.120. The van der Waals surface area contributed by atoms with Crippen LogP contribution in [0.1, 0.15) is 64.7 Å². The van der Waals surface area contributed by atoms with Gasteiger partial charge >= 0.3 is 0 Å². The highest BCUT2D eigenvalue weighted by atomic mass is 16.2. The fraction of sp³-hybridized carbons (Fsp3) is 0.875. The Bertz CT molecular complexity index is 311. The van der Waals surface area contributed by atoms with Crippen LogP contribution in [0.5, 0.6) is 0 Å². The van der Waals surface area contributed by atoms with Gasteiger partial charge in [-0.2, -0.15) is 0 Å². The van der Waals surface area contributed by atoms with Crippen LogP contribution in [-0.4, -0.2) is 38.0 Å². The van der Waals surface area contributed by atoms with Crippen molar-refractivity contribution in [3.05, 3.63) is 0 Å². The minimum atomic E-state index is 0.0656. The average molecular weight is 296 g/mol. The molecule has 0 aromatic heterocycles. The second kappa shape index (κ2) is 11.4. The molecule has 0 heterocycles. The van der Waals surface area contributed by atoms with Crippen molar-refractivity contribution in [2.75, 3.05) is 20.1 Å². The predicted octanol–water partition coefficient (Wildman–Crippen LogP) is 2.18. The van der Waals surface area contributed by atoms with Gasteiger partial charge in [-0.25, -0.2) is 0 Å². The normalized spacial score (nSPS) is 16.6. The summed E-state index contributed by atoms with van der Waals surface area (Å²) >= 11 is 0. The summed E-state index contributed by atoms with van der Waals surface area (Å²) in [6.07, 6.45) is 10.9. The van der Waals surface area contributed by atoms with Gasteiger partial charge in [0.1, 0.15) is 0 Å². The number of rotatable bonds is 8. The molecule has 0 spiro atoms. The molecule has 21 heavy (non-hydrogen) atoms. The molecule has 1 aliphatic carbocycles. The zero-order valence-corrected chi connectivity index (χ0v) is 13.7. The smallest absolute Gasteiger partial charge is 0.239 e. The summed E-state index contributed by atoms with van der Waals surface area (Å²) < 4.78 is 0. The van der Waals surface area contributed by atoms with E-state index in [9.17, 15) is 4.79 Å². The van der Waals surface area contributed by atoms with Gasteiger partial charge in [-0.1, -0.05) is 45.4 Å². The first-order chi connectivity index (χ1) is 10.3. The van der Waals surface area contributed by atoms with E-state index in [0.29, 0.717) is 18.5 Å². The van der Waals surface area contributed by atoms with Crippen molar-refractivity contribution in [3.63, 3.8) is 0 Å². The van der Waals surface area contributed by atoms with E-state index >= 15 is 0 Å². The van der Waals surface area contributed by atoms with Crippen LogP contribution >= 0.6 is 0 Å². The van der Waals surface area contributed by atoms with E-state index in [0.717, 1.165) is 25.8 Å². The first-order valence-corrected chi connectivity index (χ1v) is 8.50. The summed E-state index contributed by atoms with van der Waals surface area (Å²) in [6.45, 7) is 3.41. The van der Waals surface area contributed by atoms with E-state index in [1.54, 1.807) is 7.05 Å². The molecule has 1 amide bonds. The van der Waals surface area contributed by atoms with E-state index in [2.05, 4.69) is 27.9 Å². The van der Waals surface area contributed by atoms with Crippen molar-refractivity contribution < 1.29 is 4.79 Å². The van der Waals surface area contributed by atoms with Crippen LogP contribution in [0.3, 0.4) is 0 Å². The SMILES string of the molecule is CCCCCCNC(=NC)NCC(=O)NC1CCCCC1. The molecule has 0 bridgehead atoms. The van der Waals surface area contributed by atoms with E-state index in [1.165, 1.54) is 38.5 Å². The van der Waals surface area contributed by atoms with Gasteiger partial charge in [0.05, 0.1) is 6.54 Å². The number of nitrogens with one attached hydrogen (secondary N) is 3. The molecule has 122 valence electrons. The third-order valence-electron chi connectivity index (χ3n) is 3.93. The Morgan fingerprint density at radius 2 is 1.86 bits per heavy atom. The molecule has 1 aliphatic rings. The second-order valence-corrected chi connectivity index (χ2v) is 5.82. The number of unbranched alkanes of at least 4 members (excludes halogenated alkanes) is 3. The highest BCUT2D eigenvalue weighted by Crippen LogP contribution is 2.16. The lowest BCUT2D eigenvalue weighted by Crippen LogP contribution is -2.46. The number of hydrogen-bond donors (Lipinski definition) is 3. The van der Waals surface area contributed by atoms with Crippen LogP contribution in [0.15, 0.2) is 4.99 Å². The maximum Gasteiger partial charge on any atom is 0.239 e. The number of guanidine groups is 1. The Labute approximate surface area is 129 Å². The molecule has 3 N–H and O–H groups in total. The monoisotopic (exact) mass is 296 g/mol. The summed E-state index contributed by atoms with van der Waals surface area (Å²) in [7, 11) is 1.74. The van der Waals surface area contributed by atoms with Crippen molar-refractivity contribution in [1.29, 1.82) is 0 Å². The Morgan fingerprint density at radius 1 is 1.10 bits per heavy atom. The van der Waals surface area contributed by atoms with Crippen LogP contribution in [0.2, 0.25) is 0 Å². The van der Waals surface area contributed by atoms with Gasteiger partial charge in [-0.3, -0.25) is 9.79 Å². The maximum absolute atomic E-state index is 11.9. The molecule has 0 atom stereocenters. The van der Waals surface area contributed by atoms with Gasteiger partial charge < -0.3 is 16.0 Å². The van der Waals surface area contributed by atoms with Gasteiger partial charge in [0.2, 0.25) is 5.91 Å². The van der Waals surface area contributed by atoms with E-state index in [-0.39, 0.29) is 5.91 Å². The average Bonchev–Trinajstić information content (AvgIpc) is 2.51. The number of amides is 1. The van der Waals surface area contributed by atoms with Gasteiger partial charge in [0.25, 0.3) is 0 Å². The number of nitrogens with zero attached hydrogens (tertiary/aromatic N) is 1. The summed E-state index contributed by atoms with van der Waals surface area (Å²) in [6, 6.07) is 0.372. The zero-order valence-electron chi connectivity index (χ0n) is 13.7. The Hall–Kier alpha value is -1.26. The largest absolute Gasteiger partial charge is 0.356 e. The molecule has 5 nitrogen and oxygen atoms in total. The number of carbonyl (C=O) groups excluding carboxylic acids is 1. The van der Waals surface area contributed by atoms with Gasteiger partial charge in [-0.15, -0.1) is 0 Å². The first kappa shape index (κ1) is 17.8. The standard InChI is InChI=1S/C16H32N4O/c1-3-4-5-9-12-18-16(17-2)19-13-15(21)20-14-10-7-6-8-11-14/h14H,3-13H2,1-2H3,(H,20,21)(H2,17,18,19). The fourth-order valence-electron chi connectivity index (χ4n) is 2.67. The van der Waals surface area contributed by atoms with Crippen LogP contribution in [0.25, 0.3) is 0 Å². The predicted molar refractivity (Wildman–Crippen MR) is 88.5 cm³/mol. The minimum Gasteiger partial charge on any atom is -0.356 e. The highest BCUT2D eigenvalue weighted by Gasteiger charge is 2.15. The molecule has 1 fully saturated rings. The van der Waals surface area contributed by atoms with Gasteiger partial charge in [-0.05, 0) is 19.3 Å². The van der Waals surface area contributed by atoms with Crippen LogP contribution in [-0.2, 0) is 4.79 Å². The van der Waals surface area contributed by atoms with Crippen molar-refractivity contribution >= 4 is 11.9 Å². The molecular formula is C16H32N4O. The van der Waals surface area contributed by atoms with Crippen LogP contribution < -0.4 is 16.0 Å². The molecule has 5 heteroatoms. The van der Waals surface area contributed by atoms with Crippen molar-refractivity contribution in [2.45, 2.75) is 70.8 Å². The highest BCUT2D eigenvalue weighted by molar-refractivity contribution is 5.86. The molecule has 0 aliphatic heterocycles. The molecule has 0 aromatic carbocycles. The van der Waals surface area contributed by atoms with Crippen LogP contribution in [0, 0.1) is 0 Å². The lowest BCUT2D eigenvalue weighted by Gasteiger charge is -2.23. The number of aliphatic imine (C=N–C) groups is 1. The van der Waals surface area contributed by atoms with Crippen LogP contribution in [0.4, 0.5) is 0 Å². The topological polar surface area (TPSA) is 65.5 Å². The molecular weight excluding hydrogens is 264 g/mol. The van der Waals surface area contributed by atoms with Crippen molar-refractivity contribution in [1.82, 2.24) is 16.0 Å². The quantitative estimate of drug-likeness (QED) is 0.365. The third kappa shape index (κ3) is 8.58. The summed E-state index contributed by atoms with van der Waals surface area (Å²) in [5.41, 5.74) is 0. The zero-order chi connectivity index (χ0) is 15.3. The lowest BCUT2D eigenvalue weighted by atomic mass is 9.95. The Kier molecular flexibility index (Phi) is 9.66. The summed E-state index contributed by atoms with van der Waals surface area (Å²) in [5.74, 6) is 0.779.